The van der Waals surface area contributed by atoms with Crippen molar-refractivity contribution in [1.29, 1.82) is 0 Å². The summed E-state index contributed by atoms with van der Waals surface area (Å²) in [5.74, 6) is 8.24. The Kier molecular flexibility index (Phi) is 15.1. The third-order valence-electron chi connectivity index (χ3n) is 11.0. The van der Waals surface area contributed by atoms with E-state index in [9.17, 15) is 35.9 Å². The van der Waals surface area contributed by atoms with Crippen LogP contribution in [0.1, 0.15) is 59.9 Å². The van der Waals surface area contributed by atoms with Crippen molar-refractivity contribution < 1.29 is 35.9 Å². The van der Waals surface area contributed by atoms with E-state index in [0.29, 0.717) is 45.1 Å². The van der Waals surface area contributed by atoms with Gasteiger partial charge in [0.2, 0.25) is 0 Å². The number of H-pyrrole nitrogens is 2. The van der Waals surface area contributed by atoms with Crippen LogP contribution in [0.3, 0.4) is 0 Å². The van der Waals surface area contributed by atoms with E-state index < -0.39 is 35.3 Å². The normalized spacial score (nSPS) is 11.1. The molecule has 0 fully saturated rings. The molecule has 4 aromatic heterocycles. The number of aromatic nitrogens is 8. The lowest BCUT2D eigenvalue weighted by atomic mass is 10.1. The molecule has 0 bridgehead atoms. The highest BCUT2D eigenvalue weighted by Gasteiger charge is 2.33. The lowest BCUT2D eigenvalue weighted by molar-refractivity contribution is -0.138. The van der Waals surface area contributed by atoms with Gasteiger partial charge in [-0.15, -0.1) is 6.42 Å². The molecule has 0 saturated carbocycles. The van der Waals surface area contributed by atoms with E-state index in [1.165, 1.54) is 46.1 Å². The number of aryl methyl sites for hydroxylation is 2. The number of hydrogen-bond donors (Lipinski definition) is 6. The molecule has 0 aliphatic carbocycles. The number of nitrogens with zero attached hydrogens (tertiary/aromatic N) is 6. The van der Waals surface area contributed by atoms with Gasteiger partial charge in [-0.25, -0.2) is 9.97 Å². The molecule has 14 nitrogen and oxygen atoms in total. The highest BCUT2D eigenvalue weighted by molar-refractivity contribution is 14.1. The van der Waals surface area contributed by atoms with Crippen LogP contribution in [0.25, 0.3) is 33.2 Å². The first-order chi connectivity index (χ1) is 35.7. The van der Waals surface area contributed by atoms with Gasteiger partial charge < -0.3 is 31.2 Å². The van der Waals surface area contributed by atoms with Crippen LogP contribution >= 0.6 is 22.6 Å². The molecule has 21 heteroatoms. The molecule has 0 unspecified atom stereocenters. The fraction of sp³-hybridized carbons (Fsp3) is 0.0741. The number of carbonyl (C=O) groups is 2. The van der Waals surface area contributed by atoms with Gasteiger partial charge >= 0.3 is 12.4 Å². The third-order valence-corrected chi connectivity index (χ3v) is 11.9. The number of benzene rings is 6. The number of halogens is 7. The van der Waals surface area contributed by atoms with E-state index in [2.05, 4.69) is 81.3 Å². The number of amides is 2. The standard InChI is InChI=1S/C27H19F3N6O.C20H14F3N3O.C7H6IN3/c1-16-14-36(15-32-16)22-12-20(27(28,29)30)11-21(13-22)33-26(37)19-6-2-4-17(10-19)8-9-18-5-3-7-23-24(18)25(31)35-34-23;1-3-14-5-4-6-15(7-14)19(27)25-17-8-16(20(21,22)23)9-18(10-17)26-11-13(2)24-12-26;8-4-2-1-3-5-6(4)7(9)11-10-5/h2-7,10-15H,1H3,(H,33,37)(H3,31,34,35);1,4-12H,2H3,(H,25,27);1-3H,(H3,9,10,11). The Balaban J connectivity index is 0.000000170. The molecule has 376 valence electrons. The SMILES string of the molecule is C#Cc1cccc(C(=O)Nc2cc(-n3cnc(C)c3)cc(C(F)(F)F)c2)c1.Cc1cn(-c2cc(NC(=O)c3cccc(C#Cc4cccc5[nH]nc(N)c45)c3)cc(C(F)(F)F)c2)cn1.Nc1n[nH]c2cccc(I)c12. The summed E-state index contributed by atoms with van der Waals surface area (Å²) in [4.78, 5) is 33.4. The van der Waals surface area contributed by atoms with Gasteiger partial charge in [0, 0.05) is 66.5 Å². The number of alkyl halides is 6. The number of anilines is 4. The maximum Gasteiger partial charge on any atom is 0.416 e. The van der Waals surface area contributed by atoms with Gasteiger partial charge in [0.1, 0.15) is 0 Å². The third kappa shape index (κ3) is 12.6. The first kappa shape index (κ1) is 52.0. The molecule has 10 aromatic rings. The first-order valence-corrected chi connectivity index (χ1v) is 23.2. The minimum atomic E-state index is -4.60. The number of imidazole rings is 2. The van der Waals surface area contributed by atoms with Crippen molar-refractivity contribution in [3.63, 3.8) is 0 Å². The van der Waals surface area contributed by atoms with Crippen LogP contribution in [0.15, 0.2) is 146 Å². The smallest absolute Gasteiger partial charge is 0.382 e. The highest BCUT2D eigenvalue weighted by Crippen LogP contribution is 2.35. The molecule has 0 aliphatic rings. The Morgan fingerprint density at radius 1 is 0.613 bits per heavy atom. The number of carbonyl (C=O) groups excluding carboxylic acids is 2. The summed E-state index contributed by atoms with van der Waals surface area (Å²) in [5.41, 5.74) is 15.5. The second kappa shape index (κ2) is 21.8. The van der Waals surface area contributed by atoms with E-state index in [1.807, 2.05) is 36.4 Å². The maximum absolute atomic E-state index is 13.5. The average Bonchev–Trinajstić information content (AvgIpc) is 4.21. The van der Waals surface area contributed by atoms with Crippen LogP contribution in [-0.4, -0.2) is 51.3 Å². The second-order valence-electron chi connectivity index (χ2n) is 16.4. The number of nitrogens with one attached hydrogen (secondary N) is 4. The van der Waals surface area contributed by atoms with Crippen LogP contribution in [-0.2, 0) is 12.4 Å². The first-order valence-electron chi connectivity index (χ1n) is 22.1. The summed E-state index contributed by atoms with van der Waals surface area (Å²) < 4.78 is 84.5. The highest BCUT2D eigenvalue weighted by atomic mass is 127. The van der Waals surface area contributed by atoms with Gasteiger partial charge in [-0.1, -0.05) is 42.0 Å². The molecule has 2 amide bonds. The summed E-state index contributed by atoms with van der Waals surface area (Å²) in [6.07, 6.45) is 2.17. The Labute approximate surface area is 436 Å². The zero-order chi connectivity index (χ0) is 53.6. The minimum absolute atomic E-state index is 0.000207. The van der Waals surface area contributed by atoms with Crippen LogP contribution in [0, 0.1) is 41.6 Å². The van der Waals surface area contributed by atoms with Gasteiger partial charge in [0.05, 0.1) is 57.0 Å². The number of aromatic amines is 2. The molecular formula is C54H39F6IN12O2. The monoisotopic (exact) mass is 1130 g/mol. The van der Waals surface area contributed by atoms with Gasteiger partial charge in [-0.2, -0.15) is 36.5 Å². The molecule has 0 aliphatic heterocycles. The van der Waals surface area contributed by atoms with E-state index in [4.69, 9.17) is 17.9 Å². The lowest BCUT2D eigenvalue weighted by Crippen LogP contribution is -2.14. The van der Waals surface area contributed by atoms with Crippen molar-refractivity contribution in [2.24, 2.45) is 0 Å². The van der Waals surface area contributed by atoms with E-state index in [0.717, 1.165) is 44.3 Å². The minimum Gasteiger partial charge on any atom is -0.382 e. The summed E-state index contributed by atoms with van der Waals surface area (Å²) in [5, 5.41) is 20.4. The molecule has 0 saturated heterocycles. The molecule has 0 radical (unpaired) electrons. The molecule has 75 heavy (non-hydrogen) atoms. The van der Waals surface area contributed by atoms with Crippen molar-refractivity contribution in [2.75, 3.05) is 22.1 Å². The number of hydrogen-bond acceptors (Lipinski definition) is 8. The fourth-order valence-electron chi connectivity index (χ4n) is 7.41. The van der Waals surface area contributed by atoms with Crippen molar-refractivity contribution in [2.45, 2.75) is 26.2 Å². The molecule has 8 N–H and O–H groups in total. The summed E-state index contributed by atoms with van der Waals surface area (Å²) in [6.45, 7) is 3.46. The lowest BCUT2D eigenvalue weighted by Gasteiger charge is -2.13. The summed E-state index contributed by atoms with van der Waals surface area (Å²) in [6, 6.07) is 30.9. The van der Waals surface area contributed by atoms with E-state index >= 15 is 0 Å². The Morgan fingerprint density at radius 2 is 1.08 bits per heavy atom. The Morgan fingerprint density at radius 3 is 1.56 bits per heavy atom. The summed E-state index contributed by atoms with van der Waals surface area (Å²) in [7, 11) is 0. The van der Waals surface area contributed by atoms with Crippen LogP contribution in [0.4, 0.5) is 49.4 Å². The topological polar surface area (TPSA) is 203 Å². The van der Waals surface area contributed by atoms with Crippen molar-refractivity contribution >= 4 is 79.2 Å². The predicted molar refractivity (Wildman–Crippen MR) is 283 cm³/mol. The average molecular weight is 1130 g/mol. The molecule has 4 heterocycles. The Hall–Kier alpha value is -9.35. The predicted octanol–water partition coefficient (Wildman–Crippen LogP) is 11.5. The Bertz CT molecular complexity index is 3870. The van der Waals surface area contributed by atoms with Crippen molar-refractivity contribution in [1.82, 2.24) is 39.5 Å². The number of nitrogen functional groups attached to an aromatic ring is 2. The van der Waals surface area contributed by atoms with Crippen LogP contribution in [0.5, 0.6) is 0 Å². The van der Waals surface area contributed by atoms with E-state index in [1.54, 1.807) is 62.6 Å². The van der Waals surface area contributed by atoms with E-state index in [-0.39, 0.29) is 33.9 Å². The van der Waals surface area contributed by atoms with Crippen LogP contribution < -0.4 is 22.1 Å². The zero-order valence-corrected chi connectivity index (χ0v) is 41.4. The number of nitrogens with two attached hydrogens (primary N) is 2. The van der Waals surface area contributed by atoms with Gasteiger partial charge in [0.25, 0.3) is 11.8 Å². The molecular weight excluding hydrogens is 1090 g/mol. The van der Waals surface area contributed by atoms with Crippen molar-refractivity contribution in [3.05, 3.63) is 200 Å². The zero-order valence-electron chi connectivity index (χ0n) is 39.2. The second-order valence-corrected chi connectivity index (χ2v) is 17.6. The number of rotatable bonds is 6. The van der Waals surface area contributed by atoms with Gasteiger partial charge in [-0.3, -0.25) is 19.8 Å². The summed E-state index contributed by atoms with van der Waals surface area (Å²) >= 11 is 2.24. The largest absolute Gasteiger partial charge is 0.416 e. The van der Waals surface area contributed by atoms with Crippen molar-refractivity contribution in [3.8, 4) is 35.6 Å². The van der Waals surface area contributed by atoms with Gasteiger partial charge in [0.15, 0.2) is 11.6 Å². The molecule has 6 aromatic carbocycles. The molecule has 0 atom stereocenters. The number of terminal acetylenes is 1. The van der Waals surface area contributed by atoms with Gasteiger partial charge in [-0.05, 0) is 134 Å². The molecule has 10 rings (SSSR count). The fourth-order valence-corrected chi connectivity index (χ4v) is 8.18. The maximum atomic E-state index is 13.5. The quantitative estimate of drug-likeness (QED) is 0.0536. The van der Waals surface area contributed by atoms with Crippen LogP contribution in [0.2, 0.25) is 0 Å². The number of fused-ring (bicyclic) bond motifs is 2. The molecule has 0 spiro atoms.